The fraction of sp³-hybridized carbons (Fsp3) is 0.556. The number of aromatic nitrogens is 3. The molecule has 1 aliphatic heterocycles. The summed E-state index contributed by atoms with van der Waals surface area (Å²) in [5.74, 6) is -1.56. The zero-order chi connectivity index (χ0) is 11.7. The summed E-state index contributed by atoms with van der Waals surface area (Å²) in [5, 5.41) is 16.2. The molecule has 2 rings (SSSR count). The first-order valence-electron chi connectivity index (χ1n) is 4.96. The number of carbonyl (C=O) groups excluding carboxylic acids is 1. The molecular weight excluding hydrogens is 212 g/mol. The van der Waals surface area contributed by atoms with Crippen LogP contribution in [0.1, 0.15) is 16.9 Å². The van der Waals surface area contributed by atoms with E-state index in [9.17, 15) is 9.59 Å². The van der Waals surface area contributed by atoms with Gasteiger partial charge in [-0.1, -0.05) is 5.21 Å². The Kier molecular flexibility index (Phi) is 2.59. The number of carboxylic acid groups (broad SMARTS) is 1. The van der Waals surface area contributed by atoms with Crippen LogP contribution in [0.15, 0.2) is 6.20 Å². The van der Waals surface area contributed by atoms with Gasteiger partial charge in [-0.25, -0.2) is 0 Å². The highest BCUT2D eigenvalue weighted by Gasteiger charge is 2.32. The number of hydrogen-bond acceptors (Lipinski definition) is 4. The van der Waals surface area contributed by atoms with Crippen molar-refractivity contribution in [3.63, 3.8) is 0 Å². The SMILES string of the molecule is Cn1cc(C(=O)N2CCC(C(=O)O)C2)nn1. The van der Waals surface area contributed by atoms with E-state index in [0.717, 1.165) is 0 Å². The second kappa shape index (κ2) is 3.92. The van der Waals surface area contributed by atoms with Gasteiger partial charge in [-0.3, -0.25) is 14.3 Å². The van der Waals surface area contributed by atoms with Gasteiger partial charge in [-0.15, -0.1) is 5.10 Å². The van der Waals surface area contributed by atoms with E-state index in [-0.39, 0.29) is 18.1 Å². The van der Waals surface area contributed by atoms with Crippen molar-refractivity contribution in [1.82, 2.24) is 19.9 Å². The summed E-state index contributed by atoms with van der Waals surface area (Å²) in [6, 6.07) is 0. The van der Waals surface area contributed by atoms with Crippen LogP contribution in [-0.2, 0) is 11.8 Å². The first-order chi connectivity index (χ1) is 7.58. The Bertz CT molecular complexity index is 428. The van der Waals surface area contributed by atoms with Gasteiger partial charge in [-0.2, -0.15) is 0 Å². The lowest BCUT2D eigenvalue weighted by atomic mass is 10.1. The lowest BCUT2D eigenvalue weighted by molar-refractivity contribution is -0.141. The zero-order valence-electron chi connectivity index (χ0n) is 8.83. The molecule has 1 aromatic rings. The Balaban J connectivity index is 2.05. The van der Waals surface area contributed by atoms with Crippen LogP contribution in [0.3, 0.4) is 0 Å². The molecule has 0 aliphatic carbocycles. The third-order valence-corrected chi connectivity index (χ3v) is 2.65. The molecule has 7 nitrogen and oxygen atoms in total. The molecule has 86 valence electrons. The molecule has 1 amide bonds. The summed E-state index contributed by atoms with van der Waals surface area (Å²) in [6.45, 7) is 0.719. The predicted molar refractivity (Wildman–Crippen MR) is 52.6 cm³/mol. The maximum atomic E-state index is 11.8. The largest absolute Gasteiger partial charge is 0.481 e. The zero-order valence-corrected chi connectivity index (χ0v) is 8.83. The maximum Gasteiger partial charge on any atom is 0.308 e. The number of carbonyl (C=O) groups is 2. The Morgan fingerprint density at radius 2 is 2.31 bits per heavy atom. The van der Waals surface area contributed by atoms with Crippen LogP contribution in [-0.4, -0.2) is 50.0 Å². The van der Waals surface area contributed by atoms with E-state index in [0.29, 0.717) is 13.0 Å². The van der Waals surface area contributed by atoms with Gasteiger partial charge in [0.1, 0.15) is 0 Å². The Morgan fingerprint density at radius 3 is 2.81 bits per heavy atom. The van der Waals surface area contributed by atoms with Crippen molar-refractivity contribution in [2.45, 2.75) is 6.42 Å². The van der Waals surface area contributed by atoms with Crippen molar-refractivity contribution in [2.24, 2.45) is 13.0 Å². The number of carboxylic acids is 1. The minimum Gasteiger partial charge on any atom is -0.481 e. The molecular formula is C9H12N4O3. The first kappa shape index (κ1) is 10.6. The summed E-state index contributed by atoms with van der Waals surface area (Å²) in [4.78, 5) is 24.1. The molecule has 16 heavy (non-hydrogen) atoms. The summed E-state index contributed by atoms with van der Waals surface area (Å²) in [6.07, 6.45) is 2.03. The molecule has 0 saturated carbocycles. The van der Waals surface area contributed by atoms with E-state index in [1.54, 1.807) is 7.05 Å². The monoisotopic (exact) mass is 224 g/mol. The van der Waals surface area contributed by atoms with Gasteiger partial charge >= 0.3 is 5.97 Å². The molecule has 2 heterocycles. The third-order valence-electron chi connectivity index (χ3n) is 2.65. The first-order valence-corrected chi connectivity index (χ1v) is 4.96. The summed E-state index contributed by atoms with van der Waals surface area (Å²) in [7, 11) is 1.67. The summed E-state index contributed by atoms with van der Waals surface area (Å²) < 4.78 is 1.44. The molecule has 0 radical (unpaired) electrons. The summed E-state index contributed by atoms with van der Waals surface area (Å²) in [5.41, 5.74) is 0.258. The van der Waals surface area contributed by atoms with Gasteiger partial charge in [0, 0.05) is 20.1 Å². The van der Waals surface area contributed by atoms with Crippen LogP contribution in [0.5, 0.6) is 0 Å². The van der Waals surface area contributed by atoms with Crippen LogP contribution in [0.4, 0.5) is 0 Å². The number of hydrogen-bond donors (Lipinski definition) is 1. The molecule has 1 N–H and O–H groups in total. The van der Waals surface area contributed by atoms with E-state index in [1.807, 2.05) is 0 Å². The van der Waals surface area contributed by atoms with Gasteiger partial charge in [0.15, 0.2) is 5.69 Å². The van der Waals surface area contributed by atoms with E-state index >= 15 is 0 Å². The third kappa shape index (κ3) is 1.88. The molecule has 1 aromatic heterocycles. The lowest BCUT2D eigenvalue weighted by Gasteiger charge is -2.13. The predicted octanol–water partition coefficient (Wildman–Crippen LogP) is -0.638. The number of likely N-dealkylation sites (tertiary alicyclic amines) is 1. The second-order valence-corrected chi connectivity index (χ2v) is 3.85. The van der Waals surface area contributed by atoms with Gasteiger partial charge in [0.25, 0.3) is 5.91 Å². The Labute approximate surface area is 91.7 Å². The van der Waals surface area contributed by atoms with Crippen LogP contribution in [0.25, 0.3) is 0 Å². The number of rotatable bonds is 2. The van der Waals surface area contributed by atoms with Crippen molar-refractivity contribution < 1.29 is 14.7 Å². The fourth-order valence-electron chi connectivity index (χ4n) is 1.75. The molecule has 0 bridgehead atoms. The van der Waals surface area contributed by atoms with E-state index in [2.05, 4.69) is 10.3 Å². The van der Waals surface area contributed by atoms with Crippen molar-refractivity contribution in [3.05, 3.63) is 11.9 Å². The van der Waals surface area contributed by atoms with Crippen molar-refractivity contribution >= 4 is 11.9 Å². The van der Waals surface area contributed by atoms with Gasteiger partial charge in [0.2, 0.25) is 0 Å². The van der Waals surface area contributed by atoms with Crippen molar-refractivity contribution in [1.29, 1.82) is 0 Å². The summed E-state index contributed by atoms with van der Waals surface area (Å²) >= 11 is 0. The van der Waals surface area contributed by atoms with Crippen LogP contribution >= 0.6 is 0 Å². The molecule has 1 unspecified atom stereocenters. The smallest absolute Gasteiger partial charge is 0.308 e. The van der Waals surface area contributed by atoms with E-state index in [4.69, 9.17) is 5.11 Å². The van der Waals surface area contributed by atoms with Crippen LogP contribution in [0.2, 0.25) is 0 Å². The highest BCUT2D eigenvalue weighted by atomic mass is 16.4. The van der Waals surface area contributed by atoms with Gasteiger partial charge in [0.05, 0.1) is 12.1 Å². The topological polar surface area (TPSA) is 88.3 Å². The normalized spacial score (nSPS) is 20.1. The van der Waals surface area contributed by atoms with Gasteiger partial charge in [-0.05, 0) is 6.42 Å². The van der Waals surface area contributed by atoms with Crippen molar-refractivity contribution in [3.8, 4) is 0 Å². The molecule has 1 aliphatic rings. The highest BCUT2D eigenvalue weighted by Crippen LogP contribution is 2.17. The molecule has 1 fully saturated rings. The quantitative estimate of drug-likeness (QED) is 0.722. The number of amides is 1. The molecule has 0 spiro atoms. The standard InChI is InChI=1S/C9H12N4O3/c1-12-5-7(10-11-12)8(14)13-3-2-6(4-13)9(15)16/h5-6H,2-4H2,1H3,(H,15,16). The Morgan fingerprint density at radius 1 is 1.56 bits per heavy atom. The Hall–Kier alpha value is -1.92. The van der Waals surface area contributed by atoms with E-state index in [1.165, 1.54) is 15.8 Å². The number of aliphatic carboxylic acids is 1. The molecule has 7 heteroatoms. The minimum atomic E-state index is -0.852. The average Bonchev–Trinajstić information content (AvgIpc) is 2.84. The molecule has 0 aromatic carbocycles. The average molecular weight is 224 g/mol. The highest BCUT2D eigenvalue weighted by molar-refractivity contribution is 5.92. The molecule has 1 saturated heterocycles. The second-order valence-electron chi connectivity index (χ2n) is 3.85. The van der Waals surface area contributed by atoms with Gasteiger partial charge < -0.3 is 10.0 Å². The minimum absolute atomic E-state index is 0.253. The lowest BCUT2D eigenvalue weighted by Crippen LogP contribution is -2.30. The maximum absolute atomic E-state index is 11.8. The number of aryl methyl sites for hydroxylation is 1. The van der Waals surface area contributed by atoms with E-state index < -0.39 is 11.9 Å². The van der Waals surface area contributed by atoms with Crippen LogP contribution < -0.4 is 0 Å². The van der Waals surface area contributed by atoms with Crippen LogP contribution in [0, 0.1) is 5.92 Å². The molecule has 1 atom stereocenters. The van der Waals surface area contributed by atoms with Crippen molar-refractivity contribution in [2.75, 3.05) is 13.1 Å². The number of nitrogens with zero attached hydrogens (tertiary/aromatic N) is 4. The fourth-order valence-corrected chi connectivity index (χ4v) is 1.75.